The molecule has 1 unspecified atom stereocenters. The van der Waals surface area contributed by atoms with Crippen molar-refractivity contribution in [2.45, 2.75) is 25.8 Å². The van der Waals surface area contributed by atoms with E-state index in [1.165, 1.54) is 20.1 Å². The Morgan fingerprint density at radius 2 is 2.27 bits per heavy atom. The van der Waals surface area contributed by atoms with Crippen LogP contribution in [-0.4, -0.2) is 24.7 Å². The van der Waals surface area contributed by atoms with Crippen molar-refractivity contribution in [3.63, 3.8) is 0 Å². The lowest BCUT2D eigenvalue weighted by atomic mass is 10.0. The number of esters is 1. The van der Waals surface area contributed by atoms with E-state index < -0.39 is 11.5 Å². The van der Waals surface area contributed by atoms with E-state index in [1.54, 1.807) is 6.92 Å². The Morgan fingerprint density at radius 1 is 1.73 bits per heavy atom. The van der Waals surface area contributed by atoms with Gasteiger partial charge in [-0.3, -0.25) is 0 Å². The smallest absolute Gasteiger partial charge is 0.334 e. The van der Waals surface area contributed by atoms with Crippen LogP contribution < -0.4 is 0 Å². The third-order valence-corrected chi connectivity index (χ3v) is 1.61. The highest BCUT2D eigenvalue weighted by molar-refractivity contribution is 5.81. The van der Waals surface area contributed by atoms with Crippen molar-refractivity contribution in [2.24, 2.45) is 4.99 Å². The van der Waals surface area contributed by atoms with E-state index in [9.17, 15) is 9.59 Å². The minimum Gasteiger partial charge on any atom is -0.467 e. The first kappa shape index (κ1) is 9.85. The van der Waals surface area contributed by atoms with Crippen LogP contribution in [0, 0.1) is 0 Å². The Labute approximate surface area is 65.3 Å². The highest BCUT2D eigenvalue weighted by Crippen LogP contribution is 2.15. The highest BCUT2D eigenvalue weighted by atomic mass is 16.5. The molecule has 0 aliphatic heterocycles. The predicted octanol–water partition coefficient (Wildman–Crippen LogP) is 0.664. The molecular weight excluding hydrogens is 146 g/mol. The molecule has 4 nitrogen and oxygen atoms in total. The van der Waals surface area contributed by atoms with Gasteiger partial charge in [-0.05, 0) is 13.3 Å². The fraction of sp³-hybridized carbons (Fsp3) is 0.714. The summed E-state index contributed by atoms with van der Waals surface area (Å²) < 4.78 is 4.45. The number of methoxy groups -OCH3 is 1. The van der Waals surface area contributed by atoms with Crippen LogP contribution in [0.3, 0.4) is 0 Å². The van der Waals surface area contributed by atoms with Gasteiger partial charge in [0.2, 0.25) is 6.08 Å². The number of hydrogen-bond acceptors (Lipinski definition) is 4. The number of nitrogens with zero attached hydrogens (tertiary/aromatic N) is 1. The minimum atomic E-state index is -1.06. The number of carbonyl (C=O) groups excluding carboxylic acids is 2. The van der Waals surface area contributed by atoms with E-state index in [0.717, 1.165) is 0 Å². The largest absolute Gasteiger partial charge is 0.467 e. The van der Waals surface area contributed by atoms with Crippen LogP contribution in [-0.2, 0) is 14.3 Å². The normalized spacial score (nSPS) is 14.5. The van der Waals surface area contributed by atoms with Crippen LogP contribution in [0.15, 0.2) is 4.99 Å². The van der Waals surface area contributed by atoms with E-state index in [4.69, 9.17) is 0 Å². The first-order chi connectivity index (χ1) is 5.10. The zero-order valence-corrected chi connectivity index (χ0v) is 6.88. The lowest BCUT2D eigenvalue weighted by Crippen LogP contribution is -2.33. The third kappa shape index (κ3) is 2.16. The van der Waals surface area contributed by atoms with Gasteiger partial charge in [-0.15, -0.1) is 0 Å². The van der Waals surface area contributed by atoms with Crippen LogP contribution >= 0.6 is 0 Å². The number of isocyanates is 1. The molecule has 0 heterocycles. The predicted molar refractivity (Wildman–Crippen MR) is 38.8 cm³/mol. The molecule has 0 saturated carbocycles. The summed E-state index contributed by atoms with van der Waals surface area (Å²) in [5, 5.41) is 0. The zero-order chi connectivity index (χ0) is 8.91. The van der Waals surface area contributed by atoms with Gasteiger partial charge in [0.15, 0.2) is 5.54 Å². The van der Waals surface area contributed by atoms with Crippen molar-refractivity contribution in [3.8, 4) is 0 Å². The number of ether oxygens (including phenoxy) is 1. The summed E-state index contributed by atoms with van der Waals surface area (Å²) in [4.78, 5) is 24.2. The molecule has 0 aliphatic rings. The van der Waals surface area contributed by atoms with Gasteiger partial charge in [-0.2, -0.15) is 4.99 Å². The molecule has 4 heteroatoms. The summed E-state index contributed by atoms with van der Waals surface area (Å²) in [6.45, 7) is 3.28. The maximum absolute atomic E-state index is 11.0. The van der Waals surface area contributed by atoms with Gasteiger partial charge in [0.05, 0.1) is 7.11 Å². The van der Waals surface area contributed by atoms with Crippen LogP contribution in [0.25, 0.3) is 0 Å². The van der Waals surface area contributed by atoms with Crippen molar-refractivity contribution < 1.29 is 14.3 Å². The number of carbonyl (C=O) groups is 1. The van der Waals surface area contributed by atoms with E-state index in [1.807, 2.05) is 0 Å². The Kier molecular flexibility index (Phi) is 3.48. The quantitative estimate of drug-likeness (QED) is 0.343. The van der Waals surface area contributed by atoms with Crippen molar-refractivity contribution in [1.82, 2.24) is 0 Å². The lowest BCUT2D eigenvalue weighted by Gasteiger charge is -2.16. The number of rotatable bonds is 3. The molecule has 0 saturated heterocycles. The molecular formula is C7H11NO3. The third-order valence-electron chi connectivity index (χ3n) is 1.61. The molecule has 0 aromatic carbocycles. The average molecular weight is 157 g/mol. The van der Waals surface area contributed by atoms with E-state index >= 15 is 0 Å². The van der Waals surface area contributed by atoms with E-state index in [2.05, 4.69) is 9.73 Å². The van der Waals surface area contributed by atoms with Crippen molar-refractivity contribution in [2.75, 3.05) is 7.11 Å². The van der Waals surface area contributed by atoms with Crippen LogP contribution in [0.5, 0.6) is 0 Å². The molecule has 0 radical (unpaired) electrons. The second kappa shape index (κ2) is 3.88. The highest BCUT2D eigenvalue weighted by Gasteiger charge is 2.31. The summed E-state index contributed by atoms with van der Waals surface area (Å²) in [5.41, 5.74) is -1.06. The maximum Gasteiger partial charge on any atom is 0.334 e. The van der Waals surface area contributed by atoms with Crippen LogP contribution in [0.1, 0.15) is 20.3 Å². The Hall–Kier alpha value is -1.15. The summed E-state index contributed by atoms with van der Waals surface area (Å²) in [5.74, 6) is -0.511. The van der Waals surface area contributed by atoms with Gasteiger partial charge in [0.25, 0.3) is 0 Å². The molecule has 1 atom stereocenters. The molecule has 0 aromatic heterocycles. The molecule has 0 N–H and O–H groups in total. The molecule has 11 heavy (non-hydrogen) atoms. The van der Waals surface area contributed by atoms with Gasteiger partial charge in [-0.1, -0.05) is 6.92 Å². The fourth-order valence-corrected chi connectivity index (χ4v) is 0.590. The maximum atomic E-state index is 11.0. The minimum absolute atomic E-state index is 0.426. The van der Waals surface area contributed by atoms with E-state index in [0.29, 0.717) is 6.42 Å². The Morgan fingerprint density at radius 3 is 2.55 bits per heavy atom. The van der Waals surface area contributed by atoms with Crippen molar-refractivity contribution in [1.29, 1.82) is 0 Å². The van der Waals surface area contributed by atoms with Gasteiger partial charge >= 0.3 is 5.97 Å². The molecule has 0 aromatic rings. The first-order valence-electron chi connectivity index (χ1n) is 3.28. The average Bonchev–Trinajstić information content (AvgIpc) is 2.03. The second-order valence-electron chi connectivity index (χ2n) is 2.32. The molecule has 0 bridgehead atoms. The van der Waals surface area contributed by atoms with Gasteiger partial charge in [-0.25, -0.2) is 9.59 Å². The molecule has 0 fully saturated rings. The zero-order valence-electron chi connectivity index (χ0n) is 6.88. The fourth-order valence-electron chi connectivity index (χ4n) is 0.590. The van der Waals surface area contributed by atoms with E-state index in [-0.39, 0.29) is 0 Å². The van der Waals surface area contributed by atoms with Crippen molar-refractivity contribution in [3.05, 3.63) is 0 Å². The molecule has 0 amide bonds. The molecule has 0 aliphatic carbocycles. The summed E-state index contributed by atoms with van der Waals surface area (Å²) in [7, 11) is 1.26. The molecule has 62 valence electrons. The Balaban J connectivity index is 4.58. The standard InChI is InChI=1S/C7H11NO3/c1-4-7(2,8-5-9)6(10)11-3/h4H2,1-3H3. The summed E-state index contributed by atoms with van der Waals surface area (Å²) in [6, 6.07) is 0. The second-order valence-corrected chi connectivity index (χ2v) is 2.32. The molecule has 0 rings (SSSR count). The van der Waals surface area contributed by atoms with Gasteiger partial charge in [0.1, 0.15) is 0 Å². The summed E-state index contributed by atoms with van der Waals surface area (Å²) >= 11 is 0. The molecule has 0 spiro atoms. The van der Waals surface area contributed by atoms with Gasteiger partial charge in [0, 0.05) is 0 Å². The first-order valence-corrected chi connectivity index (χ1v) is 3.28. The Bertz CT molecular complexity index is 196. The van der Waals surface area contributed by atoms with Crippen LogP contribution in [0.2, 0.25) is 0 Å². The topological polar surface area (TPSA) is 55.7 Å². The summed E-state index contributed by atoms with van der Waals surface area (Å²) in [6.07, 6.45) is 1.77. The number of aliphatic imine (C=N–C) groups is 1. The number of hydrogen-bond donors (Lipinski definition) is 0. The van der Waals surface area contributed by atoms with Crippen LogP contribution in [0.4, 0.5) is 0 Å². The van der Waals surface area contributed by atoms with Crippen molar-refractivity contribution >= 4 is 12.0 Å². The van der Waals surface area contributed by atoms with Gasteiger partial charge < -0.3 is 4.74 Å². The SMILES string of the molecule is CCC(C)(N=C=O)C(=O)OC. The monoisotopic (exact) mass is 157 g/mol. The lowest BCUT2D eigenvalue weighted by molar-refractivity contribution is -0.146.